The molecule has 0 radical (unpaired) electrons. The first-order valence-corrected chi connectivity index (χ1v) is 7.22. The van der Waals surface area contributed by atoms with Crippen molar-refractivity contribution in [3.63, 3.8) is 0 Å². The first-order chi connectivity index (χ1) is 10.3. The molecule has 102 valence electrons. The molecule has 0 spiro atoms. The Balaban J connectivity index is 1.94. The predicted octanol–water partition coefficient (Wildman–Crippen LogP) is 5.83. The highest BCUT2D eigenvalue weighted by molar-refractivity contribution is 5.80. The maximum Gasteiger partial charge on any atom is -0.0111 e. The van der Waals surface area contributed by atoms with Gasteiger partial charge in [0.15, 0.2) is 0 Å². The molecule has 0 aliphatic heterocycles. The molecule has 0 aliphatic carbocycles. The summed E-state index contributed by atoms with van der Waals surface area (Å²) in [5.41, 5.74) is 6.27. The molecule has 0 unspecified atom stereocenters. The molecule has 0 aromatic heterocycles. The second-order valence-corrected chi connectivity index (χ2v) is 5.20. The van der Waals surface area contributed by atoms with Crippen LogP contribution in [0, 0.1) is 6.92 Å². The van der Waals surface area contributed by atoms with E-state index in [-0.39, 0.29) is 0 Å². The zero-order valence-corrected chi connectivity index (χ0v) is 12.2. The van der Waals surface area contributed by atoms with Crippen LogP contribution in [0.3, 0.4) is 0 Å². The molecule has 0 fully saturated rings. The molecule has 0 aliphatic rings. The van der Waals surface area contributed by atoms with Gasteiger partial charge in [-0.3, -0.25) is 0 Å². The van der Waals surface area contributed by atoms with Crippen LogP contribution in [-0.2, 0) is 0 Å². The highest BCUT2D eigenvalue weighted by Crippen LogP contribution is 2.25. The number of benzene rings is 3. The van der Waals surface area contributed by atoms with Gasteiger partial charge in [-0.15, -0.1) is 0 Å². The Morgan fingerprint density at radius 2 is 1.29 bits per heavy atom. The summed E-state index contributed by atoms with van der Waals surface area (Å²) >= 11 is 0. The standard InChI is InChI=1S/C21H18/c1-17-11-13-18(14-12-17)15-16-20-9-5-6-10-21(20)19-7-3-2-4-8-19/h2-16H,1H3/b16-15+. The third kappa shape index (κ3) is 3.29. The zero-order chi connectivity index (χ0) is 14.5. The molecule has 0 bridgehead atoms. The van der Waals surface area contributed by atoms with E-state index in [1.165, 1.54) is 27.8 Å². The lowest BCUT2D eigenvalue weighted by Crippen LogP contribution is -1.82. The number of hydrogen-bond donors (Lipinski definition) is 0. The molecular formula is C21H18. The van der Waals surface area contributed by atoms with Gasteiger partial charge < -0.3 is 0 Å². The lowest BCUT2D eigenvalue weighted by Gasteiger charge is -2.06. The van der Waals surface area contributed by atoms with E-state index >= 15 is 0 Å². The Labute approximate surface area is 126 Å². The van der Waals surface area contributed by atoms with Crippen molar-refractivity contribution in [2.45, 2.75) is 6.92 Å². The van der Waals surface area contributed by atoms with Gasteiger partial charge in [-0.05, 0) is 29.2 Å². The van der Waals surface area contributed by atoms with Gasteiger partial charge in [-0.25, -0.2) is 0 Å². The molecular weight excluding hydrogens is 252 g/mol. The average Bonchev–Trinajstić information content (AvgIpc) is 2.55. The van der Waals surface area contributed by atoms with Gasteiger partial charge in [-0.2, -0.15) is 0 Å². The van der Waals surface area contributed by atoms with Gasteiger partial charge in [0.25, 0.3) is 0 Å². The minimum atomic E-state index is 1.23. The molecule has 0 atom stereocenters. The van der Waals surface area contributed by atoms with E-state index < -0.39 is 0 Å². The van der Waals surface area contributed by atoms with Gasteiger partial charge >= 0.3 is 0 Å². The molecule has 3 aromatic rings. The highest BCUT2D eigenvalue weighted by atomic mass is 14.0. The molecule has 21 heavy (non-hydrogen) atoms. The van der Waals surface area contributed by atoms with Gasteiger partial charge in [0.05, 0.1) is 0 Å². The molecule has 0 nitrogen and oxygen atoms in total. The van der Waals surface area contributed by atoms with Crippen molar-refractivity contribution in [3.8, 4) is 11.1 Å². The van der Waals surface area contributed by atoms with Crippen LogP contribution in [0.15, 0.2) is 78.9 Å². The number of rotatable bonds is 3. The van der Waals surface area contributed by atoms with Gasteiger partial charge in [-0.1, -0.05) is 96.6 Å². The summed E-state index contributed by atoms with van der Waals surface area (Å²) in [7, 11) is 0. The predicted molar refractivity (Wildman–Crippen MR) is 92.0 cm³/mol. The number of hydrogen-bond acceptors (Lipinski definition) is 0. The SMILES string of the molecule is Cc1ccc(/C=C/c2ccccc2-c2ccccc2)cc1. The largest absolute Gasteiger partial charge is 0.0622 e. The van der Waals surface area contributed by atoms with E-state index in [9.17, 15) is 0 Å². The fraction of sp³-hybridized carbons (Fsp3) is 0.0476. The van der Waals surface area contributed by atoms with E-state index in [1.54, 1.807) is 0 Å². The van der Waals surface area contributed by atoms with Crippen molar-refractivity contribution < 1.29 is 0 Å². The van der Waals surface area contributed by atoms with E-state index in [0.717, 1.165) is 0 Å². The molecule has 3 aromatic carbocycles. The van der Waals surface area contributed by atoms with Crippen LogP contribution < -0.4 is 0 Å². The summed E-state index contributed by atoms with van der Waals surface area (Å²) in [6, 6.07) is 27.6. The Morgan fingerprint density at radius 1 is 0.619 bits per heavy atom. The van der Waals surface area contributed by atoms with Crippen molar-refractivity contribution in [2.75, 3.05) is 0 Å². The zero-order valence-electron chi connectivity index (χ0n) is 12.2. The van der Waals surface area contributed by atoms with E-state index in [1.807, 2.05) is 6.07 Å². The van der Waals surface area contributed by atoms with Crippen LogP contribution in [0.5, 0.6) is 0 Å². The molecule has 0 heterocycles. The summed E-state index contributed by atoms with van der Waals surface area (Å²) in [5.74, 6) is 0. The monoisotopic (exact) mass is 270 g/mol. The minimum Gasteiger partial charge on any atom is -0.0622 e. The topological polar surface area (TPSA) is 0 Å². The van der Waals surface area contributed by atoms with Crippen LogP contribution in [0.1, 0.15) is 16.7 Å². The van der Waals surface area contributed by atoms with Crippen molar-refractivity contribution in [2.24, 2.45) is 0 Å². The van der Waals surface area contributed by atoms with Crippen LogP contribution >= 0.6 is 0 Å². The quantitative estimate of drug-likeness (QED) is 0.525. The maximum absolute atomic E-state index is 2.19. The summed E-state index contributed by atoms with van der Waals surface area (Å²) < 4.78 is 0. The molecule has 0 saturated carbocycles. The third-order valence-corrected chi connectivity index (χ3v) is 3.58. The summed E-state index contributed by atoms with van der Waals surface area (Å²) in [6.45, 7) is 2.11. The molecule has 3 rings (SSSR count). The highest BCUT2D eigenvalue weighted by Gasteiger charge is 2.00. The first kappa shape index (κ1) is 13.4. The smallest absolute Gasteiger partial charge is 0.0111 e. The van der Waals surface area contributed by atoms with Crippen molar-refractivity contribution in [1.29, 1.82) is 0 Å². The van der Waals surface area contributed by atoms with Crippen LogP contribution in [0.4, 0.5) is 0 Å². The van der Waals surface area contributed by atoms with E-state index in [0.29, 0.717) is 0 Å². The van der Waals surface area contributed by atoms with Gasteiger partial charge in [0, 0.05) is 0 Å². The van der Waals surface area contributed by atoms with E-state index in [4.69, 9.17) is 0 Å². The molecule has 0 amide bonds. The fourth-order valence-corrected chi connectivity index (χ4v) is 2.39. The molecule has 0 saturated heterocycles. The van der Waals surface area contributed by atoms with Gasteiger partial charge in [0.1, 0.15) is 0 Å². The molecule has 0 N–H and O–H groups in total. The van der Waals surface area contributed by atoms with Crippen molar-refractivity contribution >= 4 is 12.2 Å². The normalized spacial score (nSPS) is 10.9. The first-order valence-electron chi connectivity index (χ1n) is 7.22. The Kier molecular flexibility index (Phi) is 3.97. The molecule has 0 heteroatoms. The third-order valence-electron chi connectivity index (χ3n) is 3.58. The summed E-state index contributed by atoms with van der Waals surface area (Å²) in [4.78, 5) is 0. The van der Waals surface area contributed by atoms with Gasteiger partial charge in [0.2, 0.25) is 0 Å². The Hall–Kier alpha value is -2.60. The van der Waals surface area contributed by atoms with Crippen LogP contribution in [0.25, 0.3) is 23.3 Å². The minimum absolute atomic E-state index is 1.23. The fourth-order valence-electron chi connectivity index (χ4n) is 2.39. The Bertz CT molecular complexity index is 735. The lowest BCUT2D eigenvalue weighted by molar-refractivity contribution is 1.46. The van der Waals surface area contributed by atoms with Crippen molar-refractivity contribution in [3.05, 3.63) is 95.6 Å². The average molecular weight is 270 g/mol. The second-order valence-electron chi connectivity index (χ2n) is 5.20. The maximum atomic E-state index is 2.19. The van der Waals surface area contributed by atoms with Crippen LogP contribution in [-0.4, -0.2) is 0 Å². The van der Waals surface area contributed by atoms with Crippen molar-refractivity contribution in [1.82, 2.24) is 0 Å². The van der Waals surface area contributed by atoms with E-state index in [2.05, 4.69) is 91.9 Å². The lowest BCUT2D eigenvalue weighted by atomic mass is 9.99. The number of aryl methyl sites for hydroxylation is 1. The summed E-state index contributed by atoms with van der Waals surface area (Å²) in [5, 5.41) is 0. The Morgan fingerprint density at radius 3 is 2.05 bits per heavy atom. The second kappa shape index (κ2) is 6.23. The van der Waals surface area contributed by atoms with Crippen LogP contribution in [0.2, 0.25) is 0 Å². The summed E-state index contributed by atoms with van der Waals surface area (Å²) in [6.07, 6.45) is 4.36.